The molecule has 6 heteroatoms. The highest BCUT2D eigenvalue weighted by atomic mass is 79.9. The molecule has 3 rings (SSSR count). The molecular formula is C18H16BrFO4. The highest BCUT2D eigenvalue weighted by Gasteiger charge is 2.53. The van der Waals surface area contributed by atoms with Crippen LogP contribution in [0.3, 0.4) is 0 Å². The second-order valence-corrected chi connectivity index (χ2v) is 6.71. The van der Waals surface area contributed by atoms with E-state index in [0.717, 1.165) is 22.9 Å². The topological polar surface area (TPSA) is 52.6 Å². The molecule has 2 atom stereocenters. The Labute approximate surface area is 147 Å². The first kappa shape index (κ1) is 16.9. The fourth-order valence-electron chi connectivity index (χ4n) is 3.32. The van der Waals surface area contributed by atoms with Crippen molar-refractivity contribution in [2.45, 2.75) is 25.2 Å². The van der Waals surface area contributed by atoms with E-state index in [9.17, 15) is 14.0 Å². The van der Waals surface area contributed by atoms with E-state index in [0.29, 0.717) is 6.42 Å². The number of ether oxygens (including phenoxy) is 2. The second kappa shape index (κ2) is 6.51. The summed E-state index contributed by atoms with van der Waals surface area (Å²) in [6.45, 7) is 0. The molecule has 0 saturated heterocycles. The van der Waals surface area contributed by atoms with Gasteiger partial charge < -0.3 is 9.47 Å². The third-order valence-electron chi connectivity index (χ3n) is 4.56. The van der Waals surface area contributed by atoms with E-state index in [2.05, 4.69) is 20.7 Å². The highest BCUT2D eigenvalue weighted by Crippen LogP contribution is 2.54. The predicted octanol–water partition coefficient (Wildman–Crippen LogP) is 3.97. The average molecular weight is 395 g/mol. The summed E-state index contributed by atoms with van der Waals surface area (Å²) in [6.07, 6.45) is 5.82. The maximum atomic E-state index is 13.3. The number of hydrogen-bond acceptors (Lipinski definition) is 4. The predicted molar refractivity (Wildman–Crippen MR) is 88.6 cm³/mol. The fraction of sp³-hybridized carbons (Fsp3) is 0.333. The van der Waals surface area contributed by atoms with Gasteiger partial charge in [0, 0.05) is 10.4 Å². The molecule has 126 valence electrons. The Hall–Kier alpha value is -1.95. The fourth-order valence-corrected chi connectivity index (χ4v) is 4.16. The SMILES string of the molecule is COC(=O)C1=C[C@@H](c2ccc(F)cc2)[C@@]2(CCCC=C2Br)C(=O)O1. The summed E-state index contributed by atoms with van der Waals surface area (Å²) in [5, 5.41) is 0. The number of esters is 2. The van der Waals surface area contributed by atoms with Crippen LogP contribution in [0.25, 0.3) is 0 Å². The molecule has 1 aromatic rings. The van der Waals surface area contributed by atoms with Gasteiger partial charge in [0.05, 0.1) is 7.11 Å². The number of allylic oxidation sites excluding steroid dienone is 2. The van der Waals surface area contributed by atoms with Crippen molar-refractivity contribution in [2.24, 2.45) is 5.41 Å². The molecule has 4 nitrogen and oxygen atoms in total. The Morgan fingerprint density at radius 3 is 2.71 bits per heavy atom. The summed E-state index contributed by atoms with van der Waals surface area (Å²) in [7, 11) is 1.23. The van der Waals surface area contributed by atoms with Gasteiger partial charge in [0.15, 0.2) is 0 Å². The molecule has 0 aromatic heterocycles. The first-order valence-corrected chi connectivity index (χ1v) is 8.42. The summed E-state index contributed by atoms with van der Waals surface area (Å²) in [5.74, 6) is -2.14. The Balaban J connectivity index is 2.17. The van der Waals surface area contributed by atoms with E-state index < -0.39 is 23.3 Å². The lowest BCUT2D eigenvalue weighted by Gasteiger charge is -2.42. The van der Waals surface area contributed by atoms with Crippen molar-refractivity contribution in [1.82, 2.24) is 0 Å². The zero-order valence-electron chi connectivity index (χ0n) is 13.1. The summed E-state index contributed by atoms with van der Waals surface area (Å²) in [4.78, 5) is 24.7. The molecule has 2 aliphatic rings. The normalized spacial score (nSPS) is 26.5. The van der Waals surface area contributed by atoms with Gasteiger partial charge in [-0.05, 0) is 43.0 Å². The Kier molecular flexibility index (Phi) is 4.58. The molecule has 1 aliphatic carbocycles. The van der Waals surface area contributed by atoms with E-state index in [1.165, 1.54) is 19.2 Å². The molecule has 1 aliphatic heterocycles. The van der Waals surface area contributed by atoms with Crippen LogP contribution in [0.5, 0.6) is 0 Å². The maximum absolute atomic E-state index is 13.3. The first-order valence-electron chi connectivity index (χ1n) is 7.63. The molecular weight excluding hydrogens is 379 g/mol. The van der Waals surface area contributed by atoms with E-state index in [-0.39, 0.29) is 11.6 Å². The standard InChI is InChI=1S/C18H16BrFO4/c1-23-16(21)14-10-13(11-5-7-12(20)8-6-11)18(17(22)24-14)9-3-2-4-15(18)19/h4-8,10,13H,2-3,9H2,1H3/t13-,18+/m0/s1. The molecule has 0 radical (unpaired) electrons. The van der Waals surface area contributed by atoms with E-state index >= 15 is 0 Å². The van der Waals surface area contributed by atoms with E-state index in [1.807, 2.05) is 6.08 Å². The van der Waals surface area contributed by atoms with Crippen molar-refractivity contribution < 1.29 is 23.5 Å². The van der Waals surface area contributed by atoms with Gasteiger partial charge in [0.2, 0.25) is 5.76 Å². The van der Waals surface area contributed by atoms with Crippen LogP contribution in [0, 0.1) is 11.2 Å². The molecule has 0 bridgehead atoms. The van der Waals surface area contributed by atoms with Crippen molar-refractivity contribution in [1.29, 1.82) is 0 Å². The van der Waals surface area contributed by atoms with Crippen LogP contribution in [0.1, 0.15) is 30.7 Å². The van der Waals surface area contributed by atoms with Crippen LogP contribution in [0.4, 0.5) is 4.39 Å². The molecule has 1 heterocycles. The van der Waals surface area contributed by atoms with Gasteiger partial charge >= 0.3 is 11.9 Å². The monoisotopic (exact) mass is 394 g/mol. The Morgan fingerprint density at radius 1 is 1.38 bits per heavy atom. The number of benzene rings is 1. The third-order valence-corrected chi connectivity index (χ3v) is 5.59. The van der Waals surface area contributed by atoms with Crippen molar-refractivity contribution in [3.8, 4) is 0 Å². The summed E-state index contributed by atoms with van der Waals surface area (Å²) >= 11 is 3.51. The zero-order valence-corrected chi connectivity index (χ0v) is 14.6. The van der Waals surface area contributed by atoms with Gasteiger partial charge in [-0.3, -0.25) is 4.79 Å². The summed E-state index contributed by atoms with van der Waals surface area (Å²) < 4.78 is 24.0. The number of hydrogen-bond donors (Lipinski definition) is 0. The lowest BCUT2D eigenvalue weighted by atomic mass is 9.65. The number of rotatable bonds is 2. The summed E-state index contributed by atoms with van der Waals surface area (Å²) in [6, 6.07) is 5.94. The first-order chi connectivity index (χ1) is 11.5. The van der Waals surface area contributed by atoms with Crippen LogP contribution in [0.15, 0.2) is 46.7 Å². The third kappa shape index (κ3) is 2.69. The number of carbonyl (C=O) groups excluding carboxylic acids is 2. The van der Waals surface area contributed by atoms with Crippen molar-refractivity contribution in [3.63, 3.8) is 0 Å². The maximum Gasteiger partial charge on any atom is 0.373 e. The second-order valence-electron chi connectivity index (χ2n) is 5.86. The largest absolute Gasteiger partial charge is 0.463 e. The van der Waals surface area contributed by atoms with E-state index in [1.54, 1.807) is 18.2 Å². The molecule has 1 aromatic carbocycles. The van der Waals surface area contributed by atoms with Gasteiger partial charge in [-0.25, -0.2) is 9.18 Å². The van der Waals surface area contributed by atoms with Crippen molar-refractivity contribution in [3.05, 3.63) is 58.0 Å². The van der Waals surface area contributed by atoms with Gasteiger partial charge in [0.25, 0.3) is 0 Å². The van der Waals surface area contributed by atoms with Gasteiger partial charge in [0.1, 0.15) is 11.2 Å². The summed E-state index contributed by atoms with van der Waals surface area (Å²) in [5.41, 5.74) is -0.199. The van der Waals surface area contributed by atoms with Crippen molar-refractivity contribution in [2.75, 3.05) is 7.11 Å². The number of carbonyl (C=O) groups is 2. The minimum absolute atomic E-state index is 0.131. The van der Waals surface area contributed by atoms with Gasteiger partial charge in [-0.2, -0.15) is 0 Å². The zero-order chi connectivity index (χ0) is 17.3. The van der Waals surface area contributed by atoms with Crippen LogP contribution < -0.4 is 0 Å². The lowest BCUT2D eigenvalue weighted by Crippen LogP contribution is -2.43. The molecule has 24 heavy (non-hydrogen) atoms. The van der Waals surface area contributed by atoms with Gasteiger partial charge in [-0.1, -0.05) is 34.1 Å². The van der Waals surface area contributed by atoms with Gasteiger partial charge in [-0.15, -0.1) is 0 Å². The Morgan fingerprint density at radius 2 is 2.08 bits per heavy atom. The van der Waals surface area contributed by atoms with Crippen LogP contribution in [0.2, 0.25) is 0 Å². The lowest BCUT2D eigenvalue weighted by molar-refractivity contribution is -0.159. The van der Waals surface area contributed by atoms with E-state index in [4.69, 9.17) is 4.74 Å². The minimum atomic E-state index is -0.937. The average Bonchev–Trinajstić information content (AvgIpc) is 2.59. The molecule has 0 amide bonds. The highest BCUT2D eigenvalue weighted by molar-refractivity contribution is 9.11. The molecule has 0 fully saturated rings. The molecule has 0 saturated carbocycles. The molecule has 0 N–H and O–H groups in total. The van der Waals surface area contributed by atoms with Crippen LogP contribution in [-0.2, 0) is 19.1 Å². The van der Waals surface area contributed by atoms with Crippen LogP contribution >= 0.6 is 15.9 Å². The minimum Gasteiger partial charge on any atom is -0.463 e. The quantitative estimate of drug-likeness (QED) is 0.712. The number of halogens is 2. The number of methoxy groups -OCH3 is 1. The molecule has 0 unspecified atom stereocenters. The number of cyclic esters (lactones) is 1. The smallest absolute Gasteiger partial charge is 0.373 e. The Bertz CT molecular complexity index is 738. The molecule has 1 spiro atoms. The van der Waals surface area contributed by atoms with Crippen molar-refractivity contribution >= 4 is 27.9 Å². The van der Waals surface area contributed by atoms with Crippen LogP contribution in [-0.4, -0.2) is 19.0 Å².